The molecule has 1 fully saturated rings. The van der Waals surface area contributed by atoms with Crippen molar-refractivity contribution < 1.29 is 4.79 Å². The molecule has 2 rings (SSSR count). The highest BCUT2D eigenvalue weighted by atomic mass is 127. The molecule has 26 heavy (non-hydrogen) atoms. The minimum atomic E-state index is 0. The smallest absolute Gasteiger partial charge is 0.224 e. The second-order valence-corrected chi connectivity index (χ2v) is 8.26. The molecule has 1 aromatic rings. The standard InChI is InChI=1S/C19H29BrN4O.HI/c1-19(2)10-12-24(14-19)18(21-3)22-11-9-17(25)23(4)13-15-7-5-6-8-16(15)20;/h5-8H,9-14H2,1-4H3,(H,21,22);1H. The summed E-state index contributed by atoms with van der Waals surface area (Å²) in [4.78, 5) is 20.8. The number of nitrogens with zero attached hydrogens (tertiary/aromatic N) is 3. The van der Waals surface area contributed by atoms with E-state index >= 15 is 0 Å². The monoisotopic (exact) mass is 536 g/mol. The molecule has 0 aromatic heterocycles. The summed E-state index contributed by atoms with van der Waals surface area (Å²) in [5.74, 6) is 1.02. The third-order valence-electron chi connectivity index (χ3n) is 4.60. The van der Waals surface area contributed by atoms with Crippen molar-refractivity contribution in [1.29, 1.82) is 0 Å². The average molecular weight is 537 g/mol. The second-order valence-electron chi connectivity index (χ2n) is 7.40. The van der Waals surface area contributed by atoms with E-state index in [4.69, 9.17) is 0 Å². The van der Waals surface area contributed by atoms with Crippen LogP contribution in [-0.4, -0.2) is 55.4 Å². The van der Waals surface area contributed by atoms with E-state index in [1.165, 1.54) is 6.42 Å². The molecule has 1 amide bonds. The highest BCUT2D eigenvalue weighted by Crippen LogP contribution is 2.28. The minimum absolute atomic E-state index is 0. The van der Waals surface area contributed by atoms with Crippen LogP contribution in [0, 0.1) is 5.41 Å². The van der Waals surface area contributed by atoms with Gasteiger partial charge in [0.2, 0.25) is 5.91 Å². The van der Waals surface area contributed by atoms with E-state index in [1.54, 1.807) is 11.9 Å². The maximum Gasteiger partial charge on any atom is 0.224 e. The Kier molecular flexibility index (Phi) is 9.36. The SMILES string of the molecule is CN=C(NCCC(=O)N(C)Cc1ccccc1Br)N1CCC(C)(C)C1.I. The zero-order chi connectivity index (χ0) is 18.4. The van der Waals surface area contributed by atoms with Crippen molar-refractivity contribution >= 4 is 51.8 Å². The van der Waals surface area contributed by atoms with E-state index in [1.807, 2.05) is 31.3 Å². The van der Waals surface area contributed by atoms with Crippen molar-refractivity contribution in [3.05, 3.63) is 34.3 Å². The maximum atomic E-state index is 12.4. The Labute approximate surface area is 182 Å². The number of benzene rings is 1. The van der Waals surface area contributed by atoms with E-state index in [0.717, 1.165) is 29.1 Å². The van der Waals surface area contributed by atoms with Gasteiger partial charge in [-0.05, 0) is 23.5 Å². The molecule has 1 aromatic carbocycles. The Hall–Kier alpha value is -0.830. The first-order chi connectivity index (χ1) is 11.8. The van der Waals surface area contributed by atoms with Crippen molar-refractivity contribution in [1.82, 2.24) is 15.1 Å². The van der Waals surface area contributed by atoms with Gasteiger partial charge in [0.1, 0.15) is 0 Å². The third-order valence-corrected chi connectivity index (χ3v) is 5.38. The highest BCUT2D eigenvalue weighted by Gasteiger charge is 2.30. The molecule has 0 saturated carbocycles. The first-order valence-corrected chi connectivity index (χ1v) is 9.55. The van der Waals surface area contributed by atoms with Crippen LogP contribution in [0.3, 0.4) is 0 Å². The number of hydrogen-bond acceptors (Lipinski definition) is 2. The number of rotatable bonds is 5. The fraction of sp³-hybridized carbons (Fsp3) is 0.579. The predicted molar refractivity (Wildman–Crippen MR) is 122 cm³/mol. The van der Waals surface area contributed by atoms with Gasteiger partial charge in [-0.15, -0.1) is 24.0 Å². The molecule has 0 atom stereocenters. The predicted octanol–water partition coefficient (Wildman–Crippen LogP) is 3.72. The number of nitrogens with one attached hydrogen (secondary N) is 1. The molecule has 1 aliphatic heterocycles. The maximum absolute atomic E-state index is 12.4. The Morgan fingerprint density at radius 2 is 2.08 bits per heavy atom. The van der Waals surface area contributed by atoms with Gasteiger partial charge in [0.25, 0.3) is 0 Å². The van der Waals surface area contributed by atoms with Crippen LogP contribution in [-0.2, 0) is 11.3 Å². The molecule has 1 aliphatic rings. The number of aliphatic imine (C=N–C) groups is 1. The van der Waals surface area contributed by atoms with Crippen LogP contribution in [0.15, 0.2) is 33.7 Å². The Morgan fingerprint density at radius 1 is 1.38 bits per heavy atom. The zero-order valence-corrected chi connectivity index (χ0v) is 20.0. The van der Waals surface area contributed by atoms with Crippen LogP contribution in [0.5, 0.6) is 0 Å². The molecular weight excluding hydrogens is 507 g/mol. The molecular formula is C19H30BrIN4O. The fourth-order valence-corrected chi connectivity index (χ4v) is 3.48. The van der Waals surface area contributed by atoms with Crippen molar-refractivity contribution in [2.45, 2.75) is 33.2 Å². The lowest BCUT2D eigenvalue weighted by Gasteiger charge is -2.24. The van der Waals surface area contributed by atoms with Crippen LogP contribution in [0.4, 0.5) is 0 Å². The normalized spacial score (nSPS) is 16.2. The summed E-state index contributed by atoms with van der Waals surface area (Å²) in [6, 6.07) is 7.99. The molecule has 0 aliphatic carbocycles. The Morgan fingerprint density at radius 3 is 2.65 bits per heavy atom. The molecule has 0 bridgehead atoms. The molecule has 7 heteroatoms. The van der Waals surface area contributed by atoms with Crippen molar-refractivity contribution in [3.8, 4) is 0 Å². The van der Waals surface area contributed by atoms with Crippen LogP contribution in [0.25, 0.3) is 0 Å². The molecule has 0 spiro atoms. The average Bonchev–Trinajstić information content (AvgIpc) is 2.93. The Balaban J connectivity index is 0.00000338. The van der Waals surface area contributed by atoms with Crippen LogP contribution in [0.1, 0.15) is 32.3 Å². The third kappa shape index (κ3) is 6.72. The van der Waals surface area contributed by atoms with Gasteiger partial charge in [0.05, 0.1) is 0 Å². The topological polar surface area (TPSA) is 47.9 Å². The molecule has 5 nitrogen and oxygen atoms in total. The van der Waals surface area contributed by atoms with Gasteiger partial charge < -0.3 is 15.1 Å². The molecule has 1 N–H and O–H groups in total. The minimum Gasteiger partial charge on any atom is -0.356 e. The highest BCUT2D eigenvalue weighted by molar-refractivity contribution is 14.0. The van der Waals surface area contributed by atoms with E-state index in [2.05, 4.69) is 45.0 Å². The summed E-state index contributed by atoms with van der Waals surface area (Å²) in [6.07, 6.45) is 1.62. The molecule has 146 valence electrons. The van der Waals surface area contributed by atoms with Gasteiger partial charge in [0, 0.05) is 51.2 Å². The van der Waals surface area contributed by atoms with Gasteiger partial charge >= 0.3 is 0 Å². The summed E-state index contributed by atoms with van der Waals surface area (Å²) < 4.78 is 1.03. The lowest BCUT2D eigenvalue weighted by molar-refractivity contribution is -0.130. The largest absolute Gasteiger partial charge is 0.356 e. The fourth-order valence-electron chi connectivity index (χ4n) is 3.07. The van der Waals surface area contributed by atoms with E-state index in [0.29, 0.717) is 24.9 Å². The van der Waals surface area contributed by atoms with Gasteiger partial charge in [0.15, 0.2) is 5.96 Å². The summed E-state index contributed by atoms with van der Waals surface area (Å²) in [5, 5.41) is 3.33. The summed E-state index contributed by atoms with van der Waals surface area (Å²) in [6.45, 7) is 7.78. The number of hydrogen-bond donors (Lipinski definition) is 1. The number of amides is 1. The first kappa shape index (κ1) is 23.2. The number of halogens is 2. The number of guanidine groups is 1. The lowest BCUT2D eigenvalue weighted by Crippen LogP contribution is -2.42. The van der Waals surface area contributed by atoms with E-state index in [9.17, 15) is 4.79 Å². The van der Waals surface area contributed by atoms with Crippen molar-refractivity contribution in [2.24, 2.45) is 10.4 Å². The van der Waals surface area contributed by atoms with E-state index in [-0.39, 0.29) is 29.9 Å². The quantitative estimate of drug-likeness (QED) is 0.354. The summed E-state index contributed by atoms with van der Waals surface area (Å²) in [7, 11) is 3.65. The van der Waals surface area contributed by atoms with Crippen molar-refractivity contribution in [2.75, 3.05) is 33.7 Å². The Bertz CT molecular complexity index is 636. The molecule has 1 saturated heterocycles. The van der Waals surface area contributed by atoms with Crippen LogP contribution < -0.4 is 5.32 Å². The molecule has 0 unspecified atom stereocenters. The zero-order valence-electron chi connectivity index (χ0n) is 16.1. The molecule has 1 heterocycles. The van der Waals surface area contributed by atoms with Crippen LogP contribution >= 0.6 is 39.9 Å². The lowest BCUT2D eigenvalue weighted by atomic mass is 9.93. The summed E-state index contributed by atoms with van der Waals surface area (Å²) in [5.41, 5.74) is 1.44. The van der Waals surface area contributed by atoms with Crippen molar-refractivity contribution in [3.63, 3.8) is 0 Å². The van der Waals surface area contributed by atoms with Crippen LogP contribution in [0.2, 0.25) is 0 Å². The van der Waals surface area contributed by atoms with E-state index < -0.39 is 0 Å². The van der Waals surface area contributed by atoms with Gasteiger partial charge in [-0.2, -0.15) is 0 Å². The molecule has 0 radical (unpaired) electrons. The summed E-state index contributed by atoms with van der Waals surface area (Å²) >= 11 is 3.53. The number of likely N-dealkylation sites (tertiary alicyclic amines) is 1. The second kappa shape index (κ2) is 10.5. The number of carbonyl (C=O) groups is 1. The first-order valence-electron chi connectivity index (χ1n) is 8.75. The van der Waals surface area contributed by atoms with Gasteiger partial charge in [-0.3, -0.25) is 9.79 Å². The number of carbonyl (C=O) groups excluding carboxylic acids is 1. The van der Waals surface area contributed by atoms with Gasteiger partial charge in [-0.25, -0.2) is 0 Å². The van der Waals surface area contributed by atoms with Gasteiger partial charge in [-0.1, -0.05) is 48.0 Å².